The molecule has 1 saturated heterocycles. The van der Waals surface area contributed by atoms with Gasteiger partial charge in [-0.25, -0.2) is 4.90 Å². The molecule has 0 unspecified atom stereocenters. The molecule has 3 aliphatic rings. The minimum Gasteiger partial charge on any atom is -0.497 e. The first-order chi connectivity index (χ1) is 16.7. The lowest BCUT2D eigenvalue weighted by Gasteiger charge is -2.47. The highest BCUT2D eigenvalue weighted by Crippen LogP contribution is 2.60. The molecule has 1 aliphatic heterocycles. The van der Waals surface area contributed by atoms with E-state index in [0.29, 0.717) is 23.3 Å². The number of hydrogen-bond acceptors (Lipinski definition) is 3. The van der Waals surface area contributed by atoms with Gasteiger partial charge in [0.25, 0.3) is 0 Å². The lowest BCUT2D eigenvalue weighted by atomic mass is 9.56. The van der Waals surface area contributed by atoms with Crippen molar-refractivity contribution in [1.29, 1.82) is 0 Å². The van der Waals surface area contributed by atoms with Gasteiger partial charge in [-0.3, -0.25) is 9.59 Å². The van der Waals surface area contributed by atoms with Crippen LogP contribution in [0.25, 0.3) is 10.9 Å². The molecule has 6 rings (SSSR count). The van der Waals surface area contributed by atoms with Crippen LogP contribution >= 0.6 is 0 Å². The number of amides is 2. The second-order valence-corrected chi connectivity index (χ2v) is 11.8. The zero-order valence-electron chi connectivity index (χ0n) is 21.2. The van der Waals surface area contributed by atoms with Crippen LogP contribution in [0.4, 0.5) is 5.69 Å². The highest BCUT2D eigenvalue weighted by Gasteiger charge is 2.59. The van der Waals surface area contributed by atoms with Crippen molar-refractivity contribution >= 4 is 28.4 Å². The molecule has 1 saturated carbocycles. The van der Waals surface area contributed by atoms with E-state index in [1.165, 1.54) is 21.4 Å². The number of aromatic nitrogens is 1. The number of imide groups is 1. The van der Waals surface area contributed by atoms with Crippen molar-refractivity contribution < 1.29 is 14.3 Å². The van der Waals surface area contributed by atoms with E-state index in [1.807, 2.05) is 24.3 Å². The molecular weight excluding hydrogens is 436 g/mol. The van der Waals surface area contributed by atoms with Crippen LogP contribution in [0.5, 0.6) is 5.75 Å². The van der Waals surface area contributed by atoms with Crippen LogP contribution < -0.4 is 9.64 Å². The van der Waals surface area contributed by atoms with E-state index >= 15 is 0 Å². The number of methoxy groups -OCH3 is 1. The van der Waals surface area contributed by atoms with Crippen LogP contribution in [-0.4, -0.2) is 23.9 Å². The Morgan fingerprint density at radius 3 is 2.43 bits per heavy atom. The third kappa shape index (κ3) is 3.20. The Bertz CT molecular complexity index is 1330. The number of aryl methyl sites for hydroxylation is 1. The number of anilines is 1. The predicted octanol–water partition coefficient (Wildman–Crippen LogP) is 6.32. The molecule has 0 spiro atoms. The predicted molar refractivity (Wildman–Crippen MR) is 138 cm³/mol. The third-order valence-electron chi connectivity index (χ3n) is 9.06. The lowest BCUT2D eigenvalue weighted by molar-refractivity contribution is -0.123. The molecular formula is C30H34N2O3. The molecule has 5 atom stereocenters. The standard InChI is InChI=1S/C30H34N2O3/c1-16-7-6-8-21-23-20-14-9-17(30(2,3)4)15-22(20)24-25(27(23)31-26(16)21)29(34)32(28(24)33)18-10-12-19(35-5)13-11-18/h6-8,10-13,17,20,22,24-25,31H,9,14-15H2,1-5H3/t17-,20-,22-,24+,25-/m0/s1. The molecule has 2 aliphatic carbocycles. The van der Waals surface area contributed by atoms with Crippen LogP contribution in [-0.2, 0) is 9.59 Å². The molecule has 2 aromatic carbocycles. The summed E-state index contributed by atoms with van der Waals surface area (Å²) in [4.78, 5) is 33.2. The number of rotatable bonds is 2. The highest BCUT2D eigenvalue weighted by molar-refractivity contribution is 6.24. The van der Waals surface area contributed by atoms with E-state index < -0.39 is 5.92 Å². The van der Waals surface area contributed by atoms with Crippen molar-refractivity contribution in [2.45, 2.75) is 58.8 Å². The molecule has 0 bridgehead atoms. The number of nitrogens with one attached hydrogen (secondary N) is 1. The summed E-state index contributed by atoms with van der Waals surface area (Å²) in [6.07, 6.45) is 3.21. The van der Waals surface area contributed by atoms with Gasteiger partial charge in [0.1, 0.15) is 5.75 Å². The number of aromatic amines is 1. The molecule has 2 amide bonds. The topological polar surface area (TPSA) is 62.4 Å². The quantitative estimate of drug-likeness (QED) is 0.446. The van der Waals surface area contributed by atoms with Gasteiger partial charge in [0.15, 0.2) is 0 Å². The summed E-state index contributed by atoms with van der Waals surface area (Å²) in [6.45, 7) is 9.04. The van der Waals surface area contributed by atoms with E-state index in [0.717, 1.165) is 30.5 Å². The maximum absolute atomic E-state index is 14.1. The Morgan fingerprint density at radius 1 is 1.00 bits per heavy atom. The van der Waals surface area contributed by atoms with Gasteiger partial charge >= 0.3 is 0 Å². The van der Waals surface area contributed by atoms with Crippen LogP contribution in [0.15, 0.2) is 42.5 Å². The van der Waals surface area contributed by atoms with Gasteiger partial charge in [-0.2, -0.15) is 0 Å². The fourth-order valence-electron chi connectivity index (χ4n) is 7.21. The zero-order chi connectivity index (χ0) is 24.6. The van der Waals surface area contributed by atoms with Gasteiger partial charge in [0.05, 0.1) is 24.6 Å². The van der Waals surface area contributed by atoms with Crippen molar-refractivity contribution in [3.63, 3.8) is 0 Å². The maximum atomic E-state index is 14.1. The number of para-hydroxylation sites is 1. The minimum absolute atomic E-state index is 0.0456. The molecule has 0 radical (unpaired) electrons. The van der Waals surface area contributed by atoms with Gasteiger partial charge in [0.2, 0.25) is 11.8 Å². The van der Waals surface area contributed by atoms with E-state index in [9.17, 15) is 9.59 Å². The van der Waals surface area contributed by atoms with Gasteiger partial charge in [-0.1, -0.05) is 39.0 Å². The lowest BCUT2D eigenvalue weighted by Crippen LogP contribution is -2.41. The fourth-order valence-corrected chi connectivity index (χ4v) is 7.21. The molecule has 1 aromatic heterocycles. The van der Waals surface area contributed by atoms with Crippen LogP contribution in [0, 0.1) is 30.1 Å². The maximum Gasteiger partial charge on any atom is 0.243 e. The number of H-pyrrole nitrogens is 1. The first-order valence-electron chi connectivity index (χ1n) is 12.8. The smallest absolute Gasteiger partial charge is 0.243 e. The van der Waals surface area contributed by atoms with E-state index in [4.69, 9.17) is 4.74 Å². The first kappa shape index (κ1) is 22.4. The van der Waals surface area contributed by atoms with Crippen molar-refractivity contribution in [2.75, 3.05) is 12.0 Å². The molecule has 5 nitrogen and oxygen atoms in total. The van der Waals surface area contributed by atoms with Crippen LogP contribution in [0.3, 0.4) is 0 Å². The molecule has 1 N–H and O–H groups in total. The number of nitrogens with zero attached hydrogens (tertiary/aromatic N) is 1. The molecule has 182 valence electrons. The highest BCUT2D eigenvalue weighted by atomic mass is 16.5. The third-order valence-corrected chi connectivity index (χ3v) is 9.06. The van der Waals surface area contributed by atoms with Crippen molar-refractivity contribution in [2.24, 2.45) is 23.2 Å². The normalized spacial score (nSPS) is 28.1. The summed E-state index contributed by atoms with van der Waals surface area (Å²) in [7, 11) is 1.62. The number of benzene rings is 2. The average Bonchev–Trinajstić information content (AvgIpc) is 3.35. The Kier molecular flexibility index (Phi) is 4.93. The molecule has 3 aromatic rings. The number of fused-ring (bicyclic) bond motifs is 8. The zero-order valence-corrected chi connectivity index (χ0v) is 21.2. The summed E-state index contributed by atoms with van der Waals surface area (Å²) in [5.74, 6) is 0.794. The number of ether oxygens (including phenoxy) is 1. The SMILES string of the molecule is COc1ccc(N2C(=O)[C@@H]3[C@H]4C[C@@H](C(C)(C)C)CC[C@@H]4c4c([nH]c5c(C)cccc45)[C@H]3C2=O)cc1. The first-order valence-corrected chi connectivity index (χ1v) is 12.8. The molecule has 5 heteroatoms. The Hall–Kier alpha value is -3.08. The Labute approximate surface area is 206 Å². The van der Waals surface area contributed by atoms with E-state index in [2.05, 4.69) is 50.9 Å². The van der Waals surface area contributed by atoms with Crippen molar-refractivity contribution in [3.8, 4) is 5.75 Å². The van der Waals surface area contributed by atoms with Crippen molar-refractivity contribution in [3.05, 3.63) is 59.3 Å². The molecule has 2 fully saturated rings. The minimum atomic E-state index is -0.452. The summed E-state index contributed by atoms with van der Waals surface area (Å²) in [6, 6.07) is 13.7. The second kappa shape index (κ2) is 7.71. The molecule has 35 heavy (non-hydrogen) atoms. The number of carbonyl (C=O) groups is 2. The molecule has 2 heterocycles. The average molecular weight is 471 g/mol. The van der Waals surface area contributed by atoms with Gasteiger partial charge in [-0.15, -0.1) is 0 Å². The van der Waals surface area contributed by atoms with E-state index in [-0.39, 0.29) is 29.1 Å². The Morgan fingerprint density at radius 2 is 1.74 bits per heavy atom. The Balaban J connectivity index is 1.52. The van der Waals surface area contributed by atoms with Crippen LogP contribution in [0.2, 0.25) is 0 Å². The second-order valence-electron chi connectivity index (χ2n) is 11.8. The van der Waals surface area contributed by atoms with Gasteiger partial charge < -0.3 is 9.72 Å². The summed E-state index contributed by atoms with van der Waals surface area (Å²) in [5.41, 5.74) is 5.36. The monoisotopic (exact) mass is 470 g/mol. The van der Waals surface area contributed by atoms with Gasteiger partial charge in [-0.05, 0) is 84.7 Å². The van der Waals surface area contributed by atoms with E-state index in [1.54, 1.807) is 7.11 Å². The number of hydrogen-bond donors (Lipinski definition) is 1. The summed E-state index contributed by atoms with van der Waals surface area (Å²) >= 11 is 0. The summed E-state index contributed by atoms with van der Waals surface area (Å²) in [5, 5.41) is 1.23. The van der Waals surface area contributed by atoms with Gasteiger partial charge in [0, 0.05) is 16.6 Å². The fraction of sp³-hybridized carbons (Fsp3) is 0.467. The van der Waals surface area contributed by atoms with Crippen LogP contribution in [0.1, 0.15) is 68.7 Å². The number of carbonyl (C=O) groups excluding carboxylic acids is 2. The summed E-state index contributed by atoms with van der Waals surface area (Å²) < 4.78 is 5.29. The van der Waals surface area contributed by atoms with Crippen molar-refractivity contribution in [1.82, 2.24) is 4.98 Å². The largest absolute Gasteiger partial charge is 0.497 e.